The van der Waals surface area contributed by atoms with E-state index < -0.39 is 5.54 Å². The highest BCUT2D eigenvalue weighted by atomic mass is 35.5. The molecule has 2 atom stereocenters. The van der Waals surface area contributed by atoms with Crippen molar-refractivity contribution in [3.05, 3.63) is 58.1 Å². The first-order chi connectivity index (χ1) is 12.4. The van der Waals surface area contributed by atoms with Crippen molar-refractivity contribution in [3.63, 3.8) is 0 Å². The lowest BCUT2D eigenvalue weighted by atomic mass is 9.90. The summed E-state index contributed by atoms with van der Waals surface area (Å²) in [6, 6.07) is 6.83. The third-order valence-electron chi connectivity index (χ3n) is 4.94. The molecule has 1 amide bonds. The van der Waals surface area contributed by atoms with Gasteiger partial charge in [0.2, 0.25) is 5.91 Å². The van der Waals surface area contributed by atoms with Crippen LogP contribution in [0.2, 0.25) is 5.02 Å². The molecule has 26 heavy (non-hydrogen) atoms. The van der Waals surface area contributed by atoms with Crippen LogP contribution in [-0.4, -0.2) is 24.1 Å². The summed E-state index contributed by atoms with van der Waals surface area (Å²) in [7, 11) is 0. The molecular weight excluding hydrogens is 357 g/mol. The molecule has 2 heterocycles. The van der Waals surface area contributed by atoms with Gasteiger partial charge in [0.25, 0.3) is 0 Å². The smallest absolute Gasteiger partial charge is 0.246 e. The average molecular weight is 376 g/mol. The quantitative estimate of drug-likeness (QED) is 0.863. The summed E-state index contributed by atoms with van der Waals surface area (Å²) in [5.74, 6) is -0.622. The summed E-state index contributed by atoms with van der Waals surface area (Å²) in [6.45, 7) is 1.99. The molecule has 1 aliphatic heterocycles. The molecule has 0 bridgehead atoms. The van der Waals surface area contributed by atoms with Crippen molar-refractivity contribution < 1.29 is 13.9 Å². The molecule has 2 aliphatic rings. The summed E-state index contributed by atoms with van der Waals surface area (Å²) in [5.41, 5.74) is 2.39. The highest BCUT2D eigenvalue weighted by molar-refractivity contribution is 6.30. The minimum Gasteiger partial charge on any atom is -0.377 e. The number of rotatable bonds is 3. The Kier molecular flexibility index (Phi) is 4.32. The van der Waals surface area contributed by atoms with E-state index in [1.165, 1.54) is 6.07 Å². The van der Waals surface area contributed by atoms with Crippen LogP contribution in [0.25, 0.3) is 0 Å². The zero-order chi connectivity index (χ0) is 18.3. The molecule has 1 aromatic heterocycles. The van der Waals surface area contributed by atoms with Crippen LogP contribution in [0.3, 0.4) is 0 Å². The summed E-state index contributed by atoms with van der Waals surface area (Å²) in [5, 5.41) is 6.89. The van der Waals surface area contributed by atoms with Gasteiger partial charge >= 0.3 is 0 Å². The van der Waals surface area contributed by atoms with Crippen LogP contribution in [0.15, 0.2) is 30.5 Å². The fourth-order valence-corrected chi connectivity index (χ4v) is 3.88. The summed E-state index contributed by atoms with van der Waals surface area (Å²) >= 11 is 6.01. The number of nitrogens with zero attached hydrogens (tertiary/aromatic N) is 1. The van der Waals surface area contributed by atoms with Crippen LogP contribution in [0.4, 0.5) is 10.1 Å². The number of fused-ring (bicyclic) bond motifs is 1. The average Bonchev–Trinajstić information content (AvgIpc) is 2.98. The molecule has 2 N–H and O–H groups in total. The Hall–Kier alpha value is -2.18. The van der Waals surface area contributed by atoms with Gasteiger partial charge in [0.1, 0.15) is 12.4 Å². The highest BCUT2D eigenvalue weighted by Gasteiger charge is 2.35. The van der Waals surface area contributed by atoms with E-state index in [9.17, 15) is 9.18 Å². The number of morpholine rings is 1. The Balaban J connectivity index is 1.61. The zero-order valence-electron chi connectivity index (χ0n) is 14.3. The summed E-state index contributed by atoms with van der Waals surface area (Å²) in [6.07, 6.45) is 3.44. The predicted molar refractivity (Wildman–Crippen MR) is 96.6 cm³/mol. The number of nitrogens with one attached hydrogen (secondary N) is 2. The number of halogens is 2. The van der Waals surface area contributed by atoms with E-state index in [2.05, 4.69) is 15.6 Å². The van der Waals surface area contributed by atoms with E-state index in [0.29, 0.717) is 10.6 Å². The van der Waals surface area contributed by atoms with Gasteiger partial charge in [-0.2, -0.15) is 0 Å². The molecule has 2 unspecified atom stereocenters. The topological polar surface area (TPSA) is 63.3 Å². The van der Waals surface area contributed by atoms with E-state index in [1.807, 2.05) is 6.07 Å². The van der Waals surface area contributed by atoms with Crippen LogP contribution in [0.1, 0.15) is 36.2 Å². The Labute approximate surface area is 155 Å². The monoisotopic (exact) mass is 375 g/mol. The van der Waals surface area contributed by atoms with Crippen molar-refractivity contribution in [2.45, 2.75) is 31.3 Å². The van der Waals surface area contributed by atoms with Crippen LogP contribution >= 0.6 is 11.6 Å². The third-order valence-corrected chi connectivity index (χ3v) is 5.15. The number of amides is 1. The number of hydrogen-bond acceptors (Lipinski definition) is 4. The second kappa shape index (κ2) is 6.52. The fraction of sp³-hybridized carbons (Fsp3) is 0.368. The van der Waals surface area contributed by atoms with Gasteiger partial charge in [-0.1, -0.05) is 11.6 Å². The van der Waals surface area contributed by atoms with E-state index in [4.69, 9.17) is 16.3 Å². The number of aromatic nitrogens is 1. The van der Waals surface area contributed by atoms with Gasteiger partial charge < -0.3 is 15.4 Å². The number of aryl methyl sites for hydroxylation is 1. The Morgan fingerprint density at radius 3 is 3.08 bits per heavy atom. The molecule has 1 aliphatic carbocycles. The minimum absolute atomic E-state index is 0.00222. The molecule has 5 nitrogen and oxygen atoms in total. The predicted octanol–water partition coefficient (Wildman–Crippen LogP) is 3.34. The molecule has 1 aromatic carbocycles. The SMILES string of the molecule is CC1(c2cc(NC3CCc4cc(Cl)cnc43)ccc2F)COCC(=O)N1. The Morgan fingerprint density at radius 1 is 1.42 bits per heavy atom. The first kappa shape index (κ1) is 17.2. The lowest BCUT2D eigenvalue weighted by Gasteiger charge is -2.35. The van der Waals surface area contributed by atoms with Crippen molar-refractivity contribution in [1.82, 2.24) is 10.3 Å². The standard InChI is InChI=1S/C19H19ClFN3O2/c1-19(10-26-9-17(25)24-19)14-7-13(3-4-15(14)21)23-16-5-2-11-6-12(20)8-22-18(11)16/h3-4,6-8,16,23H,2,5,9-10H2,1H3,(H,24,25). The molecular formula is C19H19ClFN3O2. The molecule has 7 heteroatoms. The molecule has 136 valence electrons. The number of pyridine rings is 1. The number of benzene rings is 1. The van der Waals surface area contributed by atoms with E-state index in [0.717, 1.165) is 29.8 Å². The van der Waals surface area contributed by atoms with E-state index in [1.54, 1.807) is 25.3 Å². The molecule has 1 fully saturated rings. The summed E-state index contributed by atoms with van der Waals surface area (Å²) < 4.78 is 19.8. The van der Waals surface area contributed by atoms with Gasteiger partial charge in [0, 0.05) is 17.4 Å². The second-order valence-electron chi connectivity index (χ2n) is 7.00. The molecule has 1 saturated heterocycles. The van der Waals surface area contributed by atoms with Gasteiger partial charge in [-0.05, 0) is 49.6 Å². The Bertz CT molecular complexity index is 876. The molecule has 2 aromatic rings. The largest absolute Gasteiger partial charge is 0.377 e. The van der Waals surface area contributed by atoms with Crippen LogP contribution < -0.4 is 10.6 Å². The number of hydrogen-bond donors (Lipinski definition) is 2. The van der Waals surface area contributed by atoms with Gasteiger partial charge in [-0.3, -0.25) is 9.78 Å². The third kappa shape index (κ3) is 3.15. The number of ether oxygens (including phenoxy) is 1. The van der Waals surface area contributed by atoms with Crippen molar-refractivity contribution in [1.29, 1.82) is 0 Å². The Morgan fingerprint density at radius 2 is 2.27 bits per heavy atom. The second-order valence-corrected chi connectivity index (χ2v) is 7.44. The molecule has 4 rings (SSSR count). The van der Waals surface area contributed by atoms with Gasteiger partial charge in [0.05, 0.1) is 28.9 Å². The first-order valence-electron chi connectivity index (χ1n) is 8.54. The van der Waals surface area contributed by atoms with Crippen LogP contribution in [0, 0.1) is 5.82 Å². The molecule has 0 radical (unpaired) electrons. The number of carbonyl (C=O) groups is 1. The maximum atomic E-state index is 14.5. The minimum atomic E-state index is -0.892. The van der Waals surface area contributed by atoms with E-state index in [-0.39, 0.29) is 31.0 Å². The van der Waals surface area contributed by atoms with Crippen LogP contribution in [-0.2, 0) is 21.5 Å². The molecule has 0 spiro atoms. The maximum Gasteiger partial charge on any atom is 0.246 e. The van der Waals surface area contributed by atoms with Crippen molar-refractivity contribution in [2.75, 3.05) is 18.5 Å². The molecule has 0 saturated carbocycles. The van der Waals surface area contributed by atoms with Crippen molar-refractivity contribution in [2.24, 2.45) is 0 Å². The maximum absolute atomic E-state index is 14.5. The van der Waals surface area contributed by atoms with Gasteiger partial charge in [0.15, 0.2) is 0 Å². The van der Waals surface area contributed by atoms with Crippen molar-refractivity contribution in [3.8, 4) is 0 Å². The lowest BCUT2D eigenvalue weighted by Crippen LogP contribution is -2.53. The van der Waals surface area contributed by atoms with Gasteiger partial charge in [-0.15, -0.1) is 0 Å². The van der Waals surface area contributed by atoms with Crippen LogP contribution in [0.5, 0.6) is 0 Å². The lowest BCUT2D eigenvalue weighted by molar-refractivity contribution is -0.135. The summed E-state index contributed by atoms with van der Waals surface area (Å²) in [4.78, 5) is 16.1. The highest BCUT2D eigenvalue weighted by Crippen LogP contribution is 2.35. The number of carbonyl (C=O) groups excluding carboxylic acids is 1. The van der Waals surface area contributed by atoms with E-state index >= 15 is 0 Å². The normalized spacial score (nSPS) is 24.9. The van der Waals surface area contributed by atoms with Crippen molar-refractivity contribution >= 4 is 23.2 Å². The first-order valence-corrected chi connectivity index (χ1v) is 8.92. The zero-order valence-corrected chi connectivity index (χ0v) is 15.1. The number of anilines is 1. The fourth-order valence-electron chi connectivity index (χ4n) is 3.69. The van der Waals surface area contributed by atoms with Gasteiger partial charge in [-0.25, -0.2) is 4.39 Å².